The van der Waals surface area contributed by atoms with Crippen LogP contribution >= 0.6 is 0 Å². The number of hydrogen-bond donors (Lipinski definition) is 1. The topological polar surface area (TPSA) is 64.7 Å². The molecule has 34 heavy (non-hydrogen) atoms. The second-order valence-corrected chi connectivity index (χ2v) is 7.62. The fourth-order valence-corrected chi connectivity index (χ4v) is 4.11. The third-order valence-electron chi connectivity index (χ3n) is 5.57. The van der Waals surface area contributed by atoms with E-state index >= 15 is 0 Å². The average Bonchev–Trinajstić information content (AvgIpc) is 3.39. The van der Waals surface area contributed by atoms with Crippen molar-refractivity contribution in [3.8, 4) is 5.69 Å². The number of alkyl halides is 3. The summed E-state index contributed by atoms with van der Waals surface area (Å²) in [6, 6.07) is 17.2. The minimum atomic E-state index is -4.93. The maximum atomic E-state index is 13.9. The third kappa shape index (κ3) is 3.57. The number of carbonyl (C=O) groups is 1. The summed E-state index contributed by atoms with van der Waals surface area (Å²) in [6.07, 6.45) is -4.93. The Morgan fingerprint density at radius 2 is 1.68 bits per heavy atom. The summed E-state index contributed by atoms with van der Waals surface area (Å²) in [5.74, 6) is -1.67. The highest BCUT2D eigenvalue weighted by Crippen LogP contribution is 2.34. The quantitative estimate of drug-likeness (QED) is 0.340. The van der Waals surface area contributed by atoms with Gasteiger partial charge in [-0.1, -0.05) is 23.4 Å². The first-order chi connectivity index (χ1) is 16.3. The van der Waals surface area contributed by atoms with Gasteiger partial charge in [-0.15, -0.1) is 5.10 Å². The monoisotopic (exact) mass is 467 g/mol. The SMILES string of the molecule is CCn1c2ccccc2c2cc(NC(=O)c3nnn(-c4ccc(F)cc4)c3C(F)(F)F)ccc21. The van der Waals surface area contributed by atoms with Crippen molar-refractivity contribution >= 4 is 33.4 Å². The number of hydrogen-bond acceptors (Lipinski definition) is 3. The van der Waals surface area contributed by atoms with E-state index in [1.165, 1.54) is 0 Å². The van der Waals surface area contributed by atoms with Crippen LogP contribution in [0.4, 0.5) is 23.2 Å². The highest BCUT2D eigenvalue weighted by Gasteiger charge is 2.42. The van der Waals surface area contributed by atoms with Crippen molar-refractivity contribution in [3.05, 3.63) is 83.9 Å². The van der Waals surface area contributed by atoms with Crippen molar-refractivity contribution in [2.45, 2.75) is 19.6 Å². The molecule has 2 heterocycles. The Balaban J connectivity index is 1.55. The molecule has 10 heteroatoms. The zero-order valence-electron chi connectivity index (χ0n) is 17.8. The minimum Gasteiger partial charge on any atom is -0.341 e. The Labute approximate surface area is 190 Å². The van der Waals surface area contributed by atoms with Crippen LogP contribution in [0.2, 0.25) is 0 Å². The third-order valence-corrected chi connectivity index (χ3v) is 5.57. The van der Waals surface area contributed by atoms with E-state index in [2.05, 4.69) is 20.2 Å². The fraction of sp³-hybridized carbons (Fsp3) is 0.125. The lowest BCUT2D eigenvalue weighted by atomic mass is 10.1. The number of benzene rings is 3. The van der Waals surface area contributed by atoms with Crippen molar-refractivity contribution in [2.24, 2.45) is 0 Å². The Bertz CT molecular complexity index is 1530. The van der Waals surface area contributed by atoms with Gasteiger partial charge >= 0.3 is 6.18 Å². The maximum absolute atomic E-state index is 13.9. The molecule has 0 aliphatic rings. The lowest BCUT2D eigenvalue weighted by Crippen LogP contribution is -2.21. The van der Waals surface area contributed by atoms with Gasteiger partial charge in [0.05, 0.1) is 5.69 Å². The molecule has 0 saturated heterocycles. The molecule has 5 aromatic rings. The first-order valence-electron chi connectivity index (χ1n) is 10.4. The molecule has 0 spiro atoms. The van der Waals surface area contributed by atoms with Gasteiger partial charge in [0.25, 0.3) is 5.91 Å². The molecular weight excluding hydrogens is 450 g/mol. The van der Waals surface area contributed by atoms with E-state index in [0.717, 1.165) is 52.6 Å². The Hall–Kier alpha value is -4.21. The number of fused-ring (bicyclic) bond motifs is 3. The van der Waals surface area contributed by atoms with Gasteiger partial charge in [0.1, 0.15) is 5.82 Å². The van der Waals surface area contributed by atoms with Gasteiger partial charge in [0.2, 0.25) is 0 Å². The number of para-hydroxylation sites is 1. The van der Waals surface area contributed by atoms with Gasteiger partial charge in [0, 0.05) is 34.0 Å². The zero-order valence-corrected chi connectivity index (χ0v) is 17.8. The van der Waals surface area contributed by atoms with Crippen LogP contribution in [0.25, 0.3) is 27.5 Å². The molecule has 1 amide bonds. The predicted octanol–water partition coefficient (Wildman–Crippen LogP) is 5.81. The van der Waals surface area contributed by atoms with Gasteiger partial charge in [-0.25, -0.2) is 9.07 Å². The van der Waals surface area contributed by atoms with E-state index in [0.29, 0.717) is 10.4 Å². The number of nitrogens with one attached hydrogen (secondary N) is 1. The van der Waals surface area contributed by atoms with Crippen LogP contribution < -0.4 is 5.32 Å². The lowest BCUT2D eigenvalue weighted by Gasteiger charge is -2.11. The fourth-order valence-electron chi connectivity index (χ4n) is 4.11. The molecule has 0 atom stereocenters. The summed E-state index contributed by atoms with van der Waals surface area (Å²) in [6.45, 7) is 2.75. The summed E-state index contributed by atoms with van der Waals surface area (Å²) in [5, 5.41) is 11.3. The maximum Gasteiger partial charge on any atom is 0.435 e. The summed E-state index contributed by atoms with van der Waals surface area (Å²) >= 11 is 0. The molecule has 0 fully saturated rings. The van der Waals surface area contributed by atoms with Gasteiger partial charge in [-0.2, -0.15) is 13.2 Å². The van der Waals surface area contributed by atoms with Crippen molar-refractivity contribution in [2.75, 3.05) is 5.32 Å². The molecule has 2 aromatic heterocycles. The van der Waals surface area contributed by atoms with Crippen LogP contribution in [-0.4, -0.2) is 25.5 Å². The second-order valence-electron chi connectivity index (χ2n) is 7.62. The molecule has 1 N–H and O–H groups in total. The lowest BCUT2D eigenvalue weighted by molar-refractivity contribution is -0.143. The first kappa shape index (κ1) is 21.6. The normalized spacial score (nSPS) is 11.9. The number of aryl methyl sites for hydroxylation is 1. The van der Waals surface area contributed by atoms with Crippen molar-refractivity contribution in [3.63, 3.8) is 0 Å². The largest absolute Gasteiger partial charge is 0.435 e. The van der Waals surface area contributed by atoms with Gasteiger partial charge in [0.15, 0.2) is 11.4 Å². The number of carbonyl (C=O) groups excluding carboxylic acids is 1. The van der Waals surface area contributed by atoms with E-state index in [-0.39, 0.29) is 5.69 Å². The van der Waals surface area contributed by atoms with Crippen molar-refractivity contribution in [1.82, 2.24) is 19.6 Å². The van der Waals surface area contributed by atoms with Crippen LogP contribution in [0.15, 0.2) is 66.7 Å². The Kier molecular flexibility index (Phi) is 5.07. The zero-order chi connectivity index (χ0) is 24.0. The smallest absolute Gasteiger partial charge is 0.341 e. The van der Waals surface area contributed by atoms with Crippen LogP contribution in [0.3, 0.4) is 0 Å². The summed E-state index contributed by atoms with van der Waals surface area (Å²) in [7, 11) is 0. The summed E-state index contributed by atoms with van der Waals surface area (Å²) in [5.41, 5.74) is -0.0202. The Morgan fingerprint density at radius 3 is 2.38 bits per heavy atom. The number of amides is 1. The van der Waals surface area contributed by atoms with E-state index < -0.39 is 29.3 Å². The molecule has 0 aliphatic carbocycles. The first-order valence-corrected chi connectivity index (χ1v) is 10.4. The summed E-state index contributed by atoms with van der Waals surface area (Å²) < 4.78 is 57.4. The average molecular weight is 467 g/mol. The predicted molar refractivity (Wildman–Crippen MR) is 119 cm³/mol. The van der Waals surface area contributed by atoms with E-state index in [9.17, 15) is 22.4 Å². The van der Waals surface area contributed by atoms with E-state index in [4.69, 9.17) is 0 Å². The van der Waals surface area contributed by atoms with Gasteiger partial charge in [-0.3, -0.25) is 4.79 Å². The molecule has 0 unspecified atom stereocenters. The molecule has 0 radical (unpaired) electrons. The molecule has 3 aromatic carbocycles. The number of aromatic nitrogens is 4. The standard InChI is InChI=1S/C24H17F4N5O/c1-2-32-19-6-4-3-5-17(19)18-13-15(9-12-20(18)32)29-23(34)21-22(24(26,27)28)33(31-30-21)16-10-7-14(25)8-11-16/h3-13H,2H2,1H3,(H,29,34). The molecule has 0 aliphatic heterocycles. The second kappa shape index (κ2) is 7.98. The highest BCUT2D eigenvalue weighted by atomic mass is 19.4. The van der Waals surface area contributed by atoms with E-state index in [1.54, 1.807) is 12.1 Å². The van der Waals surface area contributed by atoms with Crippen LogP contribution in [-0.2, 0) is 12.7 Å². The van der Waals surface area contributed by atoms with Gasteiger partial charge < -0.3 is 9.88 Å². The number of anilines is 1. The van der Waals surface area contributed by atoms with Crippen molar-refractivity contribution < 1.29 is 22.4 Å². The van der Waals surface area contributed by atoms with Crippen LogP contribution in [0.5, 0.6) is 0 Å². The van der Waals surface area contributed by atoms with E-state index in [1.807, 2.05) is 37.3 Å². The summed E-state index contributed by atoms with van der Waals surface area (Å²) in [4.78, 5) is 12.8. The molecule has 6 nitrogen and oxygen atoms in total. The Morgan fingerprint density at radius 1 is 0.971 bits per heavy atom. The van der Waals surface area contributed by atoms with Crippen LogP contribution in [0, 0.1) is 5.82 Å². The highest BCUT2D eigenvalue weighted by molar-refractivity contribution is 6.11. The molecule has 172 valence electrons. The van der Waals surface area contributed by atoms with Gasteiger partial charge in [-0.05, 0) is 55.5 Å². The number of halogens is 4. The molecule has 0 bridgehead atoms. The molecular formula is C24H17F4N5O. The molecule has 5 rings (SSSR count). The number of nitrogens with zero attached hydrogens (tertiary/aromatic N) is 4. The molecule has 0 saturated carbocycles. The van der Waals surface area contributed by atoms with Crippen molar-refractivity contribution in [1.29, 1.82) is 0 Å². The van der Waals surface area contributed by atoms with Crippen LogP contribution in [0.1, 0.15) is 23.1 Å². The minimum absolute atomic E-state index is 0.0749. The number of rotatable bonds is 4.